The minimum absolute atomic E-state index is 0.0746. The Bertz CT molecular complexity index is 1120. The first-order valence-corrected chi connectivity index (χ1v) is 9.07. The summed E-state index contributed by atoms with van der Waals surface area (Å²) < 4.78 is 11.0. The third kappa shape index (κ3) is 3.70. The van der Waals surface area contributed by atoms with Crippen LogP contribution in [0.15, 0.2) is 70.2 Å². The average Bonchev–Trinajstić information content (AvgIpc) is 2.72. The van der Waals surface area contributed by atoms with Gasteiger partial charge >= 0.3 is 11.7 Å². The summed E-state index contributed by atoms with van der Waals surface area (Å²) in [5.74, 6) is -2.25. The molecule has 0 radical (unpaired) electrons. The minimum Gasteiger partial charge on any atom is -0.465 e. The number of ether oxygens (including phenoxy) is 2. The van der Waals surface area contributed by atoms with E-state index in [1.54, 1.807) is 36.4 Å². The number of halogens is 1. The Morgan fingerprint density at radius 1 is 1.31 bits per heavy atom. The maximum absolute atomic E-state index is 12.2. The molecule has 29 heavy (non-hydrogen) atoms. The Morgan fingerprint density at radius 3 is 2.66 bits per heavy atom. The SMILES string of the molecule is COC(=O)c1ccccc1C1=C([N+](=O)[O-])[C@@H](c2cccc(Br)c2)C(C#N)=C(N)O1. The molecule has 0 aliphatic carbocycles. The van der Waals surface area contributed by atoms with Crippen molar-refractivity contribution < 1.29 is 19.2 Å². The van der Waals surface area contributed by atoms with Crippen LogP contribution in [0.2, 0.25) is 0 Å². The van der Waals surface area contributed by atoms with Crippen LogP contribution >= 0.6 is 15.9 Å². The lowest BCUT2D eigenvalue weighted by atomic mass is 9.85. The van der Waals surface area contributed by atoms with E-state index in [0.29, 0.717) is 10.0 Å². The molecule has 2 N–H and O–H groups in total. The van der Waals surface area contributed by atoms with Crippen LogP contribution in [0.25, 0.3) is 5.76 Å². The molecule has 0 spiro atoms. The quantitative estimate of drug-likeness (QED) is 0.422. The lowest BCUT2D eigenvalue weighted by Crippen LogP contribution is -2.25. The summed E-state index contributed by atoms with van der Waals surface area (Å²) >= 11 is 3.33. The van der Waals surface area contributed by atoms with Crippen LogP contribution < -0.4 is 5.73 Å². The number of methoxy groups -OCH3 is 1. The van der Waals surface area contributed by atoms with Crippen molar-refractivity contribution in [1.29, 1.82) is 5.26 Å². The molecular formula is C20H14BrN3O5. The highest BCUT2D eigenvalue weighted by Crippen LogP contribution is 2.43. The lowest BCUT2D eigenvalue weighted by molar-refractivity contribution is -0.429. The molecule has 0 fully saturated rings. The number of esters is 1. The van der Waals surface area contributed by atoms with Gasteiger partial charge in [-0.15, -0.1) is 0 Å². The van der Waals surface area contributed by atoms with Crippen molar-refractivity contribution in [3.8, 4) is 6.07 Å². The molecule has 1 aliphatic rings. The predicted molar refractivity (Wildman–Crippen MR) is 106 cm³/mol. The van der Waals surface area contributed by atoms with Crippen molar-refractivity contribution in [1.82, 2.24) is 0 Å². The number of rotatable bonds is 4. The van der Waals surface area contributed by atoms with Gasteiger partial charge in [0.05, 0.1) is 17.6 Å². The number of benzene rings is 2. The molecule has 146 valence electrons. The summed E-state index contributed by atoms with van der Waals surface area (Å²) in [7, 11) is 1.20. The van der Waals surface area contributed by atoms with E-state index >= 15 is 0 Å². The van der Waals surface area contributed by atoms with Crippen LogP contribution in [0.3, 0.4) is 0 Å². The normalized spacial score (nSPS) is 16.1. The van der Waals surface area contributed by atoms with Crippen molar-refractivity contribution in [2.75, 3.05) is 7.11 Å². The third-order valence-electron chi connectivity index (χ3n) is 4.35. The van der Waals surface area contributed by atoms with Crippen LogP contribution in [0.1, 0.15) is 27.4 Å². The molecule has 1 heterocycles. The molecule has 0 amide bonds. The molecule has 2 aromatic carbocycles. The number of hydrogen-bond donors (Lipinski definition) is 1. The summed E-state index contributed by atoms with van der Waals surface area (Å²) in [4.78, 5) is 23.6. The van der Waals surface area contributed by atoms with Gasteiger partial charge in [0, 0.05) is 10.0 Å². The highest BCUT2D eigenvalue weighted by atomic mass is 79.9. The topological polar surface area (TPSA) is 128 Å². The largest absolute Gasteiger partial charge is 0.465 e. The van der Waals surface area contributed by atoms with E-state index in [2.05, 4.69) is 15.9 Å². The van der Waals surface area contributed by atoms with Crippen molar-refractivity contribution in [2.24, 2.45) is 5.73 Å². The maximum atomic E-state index is 12.2. The highest BCUT2D eigenvalue weighted by Gasteiger charge is 2.42. The van der Waals surface area contributed by atoms with Crippen molar-refractivity contribution >= 4 is 27.7 Å². The Labute approximate surface area is 174 Å². The zero-order valence-corrected chi connectivity index (χ0v) is 16.7. The van der Waals surface area contributed by atoms with Gasteiger partial charge in [-0.1, -0.05) is 46.3 Å². The number of nitro groups is 1. The molecule has 0 aromatic heterocycles. The van der Waals surface area contributed by atoms with Gasteiger partial charge in [0.25, 0.3) is 0 Å². The molecule has 2 aromatic rings. The number of allylic oxidation sites excluding steroid dienone is 1. The summed E-state index contributed by atoms with van der Waals surface area (Å²) in [5.41, 5.74) is 6.16. The first kappa shape index (κ1) is 20.1. The van der Waals surface area contributed by atoms with Gasteiger partial charge in [-0.05, 0) is 23.8 Å². The van der Waals surface area contributed by atoms with Crippen molar-refractivity contribution in [2.45, 2.75) is 5.92 Å². The van der Waals surface area contributed by atoms with Crippen molar-refractivity contribution in [3.05, 3.63) is 97.0 Å². The van der Waals surface area contributed by atoms with E-state index in [1.807, 2.05) is 6.07 Å². The monoisotopic (exact) mass is 455 g/mol. The second-order valence-corrected chi connectivity index (χ2v) is 6.90. The predicted octanol–water partition coefficient (Wildman–Crippen LogP) is 3.69. The zero-order valence-electron chi connectivity index (χ0n) is 15.1. The second-order valence-electron chi connectivity index (χ2n) is 5.99. The Morgan fingerprint density at radius 2 is 2.03 bits per heavy atom. The van der Waals surface area contributed by atoms with Crippen LogP contribution in [0.4, 0.5) is 0 Å². The maximum Gasteiger partial charge on any atom is 0.338 e. The van der Waals surface area contributed by atoms with Gasteiger partial charge in [-0.2, -0.15) is 5.26 Å². The molecule has 0 unspecified atom stereocenters. The first-order chi connectivity index (χ1) is 13.9. The van der Waals surface area contributed by atoms with Gasteiger partial charge in [0.1, 0.15) is 17.6 Å². The van der Waals surface area contributed by atoms with Gasteiger partial charge in [-0.25, -0.2) is 4.79 Å². The number of hydrogen-bond acceptors (Lipinski definition) is 7. The van der Waals surface area contributed by atoms with Crippen LogP contribution in [0, 0.1) is 21.4 Å². The van der Waals surface area contributed by atoms with Gasteiger partial charge in [0.2, 0.25) is 11.6 Å². The van der Waals surface area contributed by atoms with Crippen molar-refractivity contribution in [3.63, 3.8) is 0 Å². The van der Waals surface area contributed by atoms with Gasteiger partial charge < -0.3 is 15.2 Å². The first-order valence-electron chi connectivity index (χ1n) is 8.28. The lowest BCUT2D eigenvalue weighted by Gasteiger charge is -2.24. The fourth-order valence-electron chi connectivity index (χ4n) is 3.11. The van der Waals surface area contributed by atoms with Gasteiger partial charge in [-0.3, -0.25) is 10.1 Å². The van der Waals surface area contributed by atoms with Gasteiger partial charge in [0.15, 0.2) is 0 Å². The summed E-state index contributed by atoms with van der Waals surface area (Å²) in [6.45, 7) is 0. The Balaban J connectivity index is 2.34. The molecule has 1 aliphatic heterocycles. The fourth-order valence-corrected chi connectivity index (χ4v) is 3.52. The Kier molecular flexibility index (Phi) is 5.66. The average molecular weight is 456 g/mol. The smallest absolute Gasteiger partial charge is 0.338 e. The number of nitrogens with two attached hydrogens (primary N) is 1. The number of carbonyl (C=O) groups is 1. The molecule has 8 nitrogen and oxygen atoms in total. The third-order valence-corrected chi connectivity index (χ3v) is 4.84. The standard InChI is InChI=1S/C20H14BrN3O5/c1-28-20(25)14-8-3-2-7-13(14)18-17(24(26)27)16(15(10-22)19(23)29-18)11-5-4-6-12(21)9-11/h2-9,16H,23H2,1H3/t16-/m0/s1. The highest BCUT2D eigenvalue weighted by molar-refractivity contribution is 9.10. The van der Waals surface area contributed by atoms with E-state index in [4.69, 9.17) is 15.2 Å². The van der Waals surface area contributed by atoms with E-state index in [-0.39, 0.29) is 28.3 Å². The Hall–Kier alpha value is -3.64. The van der Waals surface area contributed by atoms with E-state index in [9.17, 15) is 20.2 Å². The minimum atomic E-state index is -1.08. The zero-order chi connectivity index (χ0) is 21.1. The molecule has 0 saturated heterocycles. The summed E-state index contributed by atoms with van der Waals surface area (Å²) in [6.07, 6.45) is 0. The fraction of sp³-hybridized carbons (Fsp3) is 0.100. The molecule has 9 heteroatoms. The van der Waals surface area contributed by atoms with E-state index < -0.39 is 22.5 Å². The van der Waals surface area contributed by atoms with E-state index in [0.717, 1.165) is 0 Å². The molecule has 3 rings (SSSR count). The van der Waals surface area contributed by atoms with Crippen LogP contribution in [-0.2, 0) is 9.47 Å². The number of nitrogens with zero attached hydrogens (tertiary/aromatic N) is 2. The second kappa shape index (κ2) is 8.16. The molecule has 0 bridgehead atoms. The van der Waals surface area contributed by atoms with Crippen LogP contribution in [-0.4, -0.2) is 18.0 Å². The molecule has 1 atom stereocenters. The summed E-state index contributed by atoms with van der Waals surface area (Å²) in [6, 6.07) is 14.8. The number of carbonyl (C=O) groups excluding carboxylic acids is 1. The van der Waals surface area contributed by atoms with E-state index in [1.165, 1.54) is 19.2 Å². The number of nitriles is 1. The molecule has 0 saturated carbocycles. The molecular weight excluding hydrogens is 442 g/mol. The van der Waals surface area contributed by atoms with Crippen LogP contribution in [0.5, 0.6) is 0 Å². The summed E-state index contributed by atoms with van der Waals surface area (Å²) in [5, 5.41) is 21.7.